The second-order valence-corrected chi connectivity index (χ2v) is 8.36. The number of amides is 1. The minimum atomic E-state index is -3.20. The fourth-order valence-electron chi connectivity index (χ4n) is 3.31. The Hall–Kier alpha value is -1.56. The molecule has 1 aromatic carbocycles. The van der Waals surface area contributed by atoms with Crippen molar-refractivity contribution in [3.63, 3.8) is 0 Å². The Morgan fingerprint density at radius 2 is 1.43 bits per heavy atom. The number of likely N-dealkylation sites (tertiary alicyclic amines) is 1. The molecule has 0 atom stereocenters. The average molecular weight is 336 g/mol. The van der Waals surface area contributed by atoms with Gasteiger partial charge in [0.1, 0.15) is 0 Å². The van der Waals surface area contributed by atoms with Crippen LogP contribution in [0.4, 0.5) is 5.69 Å². The minimum Gasteiger partial charge on any atom is -0.339 e. The normalized spacial score (nSPS) is 21.7. The third-order valence-electron chi connectivity index (χ3n) is 4.64. The molecule has 2 aliphatic rings. The number of carbonyl (C=O) groups excluding carboxylic acids is 1. The summed E-state index contributed by atoms with van der Waals surface area (Å²) in [6.45, 7) is 2.17. The predicted octanol–water partition coefficient (Wildman–Crippen LogP) is 2.63. The summed E-state index contributed by atoms with van der Waals surface area (Å²) in [6.07, 6.45) is 6.12. The molecule has 126 valence electrons. The Balaban J connectivity index is 1.75. The van der Waals surface area contributed by atoms with Gasteiger partial charge in [-0.1, -0.05) is 12.8 Å². The van der Waals surface area contributed by atoms with Crippen molar-refractivity contribution in [3.8, 4) is 0 Å². The van der Waals surface area contributed by atoms with Crippen molar-refractivity contribution in [1.82, 2.24) is 4.90 Å². The number of hydrogen-bond donors (Lipinski definition) is 0. The number of hydrogen-bond acceptors (Lipinski definition) is 3. The van der Waals surface area contributed by atoms with Gasteiger partial charge in [-0.3, -0.25) is 9.10 Å². The van der Waals surface area contributed by atoms with Crippen LogP contribution in [-0.2, 0) is 10.0 Å². The van der Waals surface area contributed by atoms with Crippen molar-refractivity contribution in [3.05, 3.63) is 29.8 Å². The zero-order chi connectivity index (χ0) is 16.3. The molecule has 2 saturated heterocycles. The summed E-state index contributed by atoms with van der Waals surface area (Å²) in [6, 6.07) is 7.03. The standard InChI is InChI=1S/C17H24N2O3S/c20-17(18-11-3-1-2-4-12-18)15-7-9-16(10-8-15)19-13-5-6-14-23(19,21)22/h7-10H,1-6,11-14H2. The van der Waals surface area contributed by atoms with Gasteiger partial charge in [-0.15, -0.1) is 0 Å². The van der Waals surface area contributed by atoms with Crippen molar-refractivity contribution in [1.29, 1.82) is 0 Å². The molecule has 0 radical (unpaired) electrons. The van der Waals surface area contributed by atoms with Crippen LogP contribution in [0.2, 0.25) is 0 Å². The van der Waals surface area contributed by atoms with Crippen molar-refractivity contribution in [2.45, 2.75) is 38.5 Å². The van der Waals surface area contributed by atoms with Crippen molar-refractivity contribution in [2.75, 3.05) is 29.7 Å². The molecule has 6 heteroatoms. The summed E-state index contributed by atoms with van der Waals surface area (Å²) in [5.41, 5.74) is 1.31. The Morgan fingerprint density at radius 1 is 0.826 bits per heavy atom. The third kappa shape index (κ3) is 3.68. The lowest BCUT2D eigenvalue weighted by Gasteiger charge is -2.28. The highest BCUT2D eigenvalue weighted by Gasteiger charge is 2.26. The van der Waals surface area contributed by atoms with Crippen molar-refractivity contribution < 1.29 is 13.2 Å². The number of sulfonamides is 1. The molecule has 0 spiro atoms. The van der Waals surface area contributed by atoms with Gasteiger partial charge < -0.3 is 4.90 Å². The summed E-state index contributed by atoms with van der Waals surface area (Å²) >= 11 is 0. The molecule has 0 unspecified atom stereocenters. The highest BCUT2D eigenvalue weighted by molar-refractivity contribution is 7.92. The molecule has 23 heavy (non-hydrogen) atoms. The van der Waals surface area contributed by atoms with E-state index < -0.39 is 10.0 Å². The topological polar surface area (TPSA) is 57.7 Å². The van der Waals surface area contributed by atoms with Crippen LogP contribution in [0, 0.1) is 0 Å². The highest BCUT2D eigenvalue weighted by atomic mass is 32.2. The van der Waals surface area contributed by atoms with E-state index in [1.807, 2.05) is 4.90 Å². The van der Waals surface area contributed by atoms with Crippen molar-refractivity contribution in [2.24, 2.45) is 0 Å². The second kappa shape index (κ2) is 6.91. The monoisotopic (exact) mass is 336 g/mol. The molecule has 2 fully saturated rings. The molecule has 1 amide bonds. The van der Waals surface area contributed by atoms with Crippen LogP contribution in [0.15, 0.2) is 24.3 Å². The average Bonchev–Trinajstić information content (AvgIpc) is 2.83. The Kier molecular flexibility index (Phi) is 4.90. The van der Waals surface area contributed by atoms with Gasteiger partial charge in [-0.2, -0.15) is 0 Å². The number of rotatable bonds is 2. The van der Waals surface area contributed by atoms with Crippen LogP contribution in [0.3, 0.4) is 0 Å². The minimum absolute atomic E-state index is 0.0555. The maximum atomic E-state index is 12.6. The number of nitrogens with zero attached hydrogens (tertiary/aromatic N) is 2. The van der Waals surface area contributed by atoms with Crippen molar-refractivity contribution >= 4 is 21.6 Å². The first-order chi connectivity index (χ1) is 11.1. The smallest absolute Gasteiger partial charge is 0.253 e. The molecular formula is C17H24N2O3S. The summed E-state index contributed by atoms with van der Waals surface area (Å²) in [7, 11) is -3.20. The molecule has 1 aromatic rings. The van der Waals surface area contributed by atoms with E-state index in [9.17, 15) is 13.2 Å². The summed E-state index contributed by atoms with van der Waals surface area (Å²) in [4.78, 5) is 14.5. The maximum Gasteiger partial charge on any atom is 0.253 e. The van der Waals surface area contributed by atoms with Gasteiger partial charge in [0.15, 0.2) is 0 Å². The third-order valence-corrected chi connectivity index (χ3v) is 6.51. The molecular weight excluding hydrogens is 312 g/mol. The fourth-order valence-corrected chi connectivity index (χ4v) is 4.94. The van der Waals surface area contributed by atoms with Gasteiger partial charge in [-0.05, 0) is 49.9 Å². The SMILES string of the molecule is O=C(c1ccc(N2CCCCS2(=O)=O)cc1)N1CCCCCC1. The lowest BCUT2D eigenvalue weighted by Crippen LogP contribution is -2.37. The van der Waals surface area contributed by atoms with E-state index in [2.05, 4.69) is 0 Å². The van der Waals surface area contributed by atoms with Gasteiger partial charge in [-0.25, -0.2) is 8.42 Å². The quantitative estimate of drug-likeness (QED) is 0.834. The molecule has 0 aliphatic carbocycles. The zero-order valence-corrected chi connectivity index (χ0v) is 14.2. The van der Waals surface area contributed by atoms with E-state index in [1.165, 1.54) is 17.1 Å². The lowest BCUT2D eigenvalue weighted by molar-refractivity contribution is 0.0761. The summed E-state index contributed by atoms with van der Waals surface area (Å²) in [5.74, 6) is 0.265. The molecule has 2 aliphatic heterocycles. The largest absolute Gasteiger partial charge is 0.339 e. The van der Waals surface area contributed by atoms with Gasteiger partial charge in [0.05, 0.1) is 11.4 Å². The zero-order valence-electron chi connectivity index (χ0n) is 13.4. The number of benzene rings is 1. The van der Waals surface area contributed by atoms with E-state index >= 15 is 0 Å². The van der Waals surface area contributed by atoms with Crippen LogP contribution in [0.1, 0.15) is 48.9 Å². The summed E-state index contributed by atoms with van der Waals surface area (Å²) < 4.78 is 25.7. The molecule has 2 heterocycles. The molecule has 0 bridgehead atoms. The van der Waals surface area contributed by atoms with Gasteiger partial charge >= 0.3 is 0 Å². The van der Waals surface area contributed by atoms with Crippen LogP contribution in [0.25, 0.3) is 0 Å². The lowest BCUT2D eigenvalue weighted by atomic mass is 10.1. The van der Waals surface area contributed by atoms with Gasteiger partial charge in [0.2, 0.25) is 10.0 Å². The van der Waals surface area contributed by atoms with Gasteiger partial charge in [0, 0.05) is 25.2 Å². The van der Waals surface area contributed by atoms with E-state index in [1.54, 1.807) is 24.3 Å². The summed E-state index contributed by atoms with van der Waals surface area (Å²) in [5, 5.41) is 0. The van der Waals surface area contributed by atoms with Crippen LogP contribution in [0.5, 0.6) is 0 Å². The molecule has 0 N–H and O–H groups in total. The molecule has 3 rings (SSSR count). The number of anilines is 1. The second-order valence-electron chi connectivity index (χ2n) is 6.35. The molecule has 0 saturated carbocycles. The Bertz CT molecular complexity index is 647. The Morgan fingerprint density at radius 3 is 2.04 bits per heavy atom. The van der Waals surface area contributed by atoms with Crippen LogP contribution >= 0.6 is 0 Å². The highest BCUT2D eigenvalue weighted by Crippen LogP contribution is 2.24. The van der Waals surface area contributed by atoms with E-state index in [0.717, 1.165) is 38.8 Å². The van der Waals surface area contributed by atoms with E-state index in [4.69, 9.17) is 0 Å². The first-order valence-electron chi connectivity index (χ1n) is 8.48. The number of carbonyl (C=O) groups is 1. The maximum absolute atomic E-state index is 12.6. The van der Waals surface area contributed by atoms with Gasteiger partial charge in [0.25, 0.3) is 5.91 Å². The molecule has 5 nitrogen and oxygen atoms in total. The van der Waals surface area contributed by atoms with Crippen LogP contribution < -0.4 is 4.31 Å². The van der Waals surface area contributed by atoms with E-state index in [0.29, 0.717) is 17.8 Å². The van der Waals surface area contributed by atoms with E-state index in [-0.39, 0.29) is 11.7 Å². The van der Waals surface area contributed by atoms with Crippen LogP contribution in [-0.4, -0.2) is 44.6 Å². The first-order valence-corrected chi connectivity index (χ1v) is 10.1. The first kappa shape index (κ1) is 16.3. The molecule has 0 aromatic heterocycles. The fraction of sp³-hybridized carbons (Fsp3) is 0.588. The predicted molar refractivity (Wildman–Crippen MR) is 91.2 cm³/mol. The Labute approximate surface area is 138 Å².